The van der Waals surface area contributed by atoms with E-state index in [1.165, 1.54) is 6.20 Å². The predicted octanol–water partition coefficient (Wildman–Crippen LogP) is 0.758. The number of allylic oxidation sites excluding steroid dienone is 1. The summed E-state index contributed by atoms with van der Waals surface area (Å²) in [5.74, 6) is 0.211. The van der Waals surface area contributed by atoms with Crippen LogP contribution in [0.5, 0.6) is 5.75 Å². The Labute approximate surface area is 111 Å². The average molecular weight is 268 g/mol. The first-order chi connectivity index (χ1) is 9.78. The molecule has 0 fully saturated rings. The minimum absolute atomic E-state index is 0.0422. The first-order valence-electron chi connectivity index (χ1n) is 5.54. The Morgan fingerprint density at radius 1 is 1.45 bits per heavy atom. The zero-order valence-corrected chi connectivity index (χ0v) is 9.99. The number of aromatic nitrogens is 6. The molecule has 9 heteroatoms. The van der Waals surface area contributed by atoms with E-state index in [9.17, 15) is 5.11 Å². The average Bonchev–Trinajstić information content (AvgIpc) is 3.10. The Morgan fingerprint density at radius 2 is 2.35 bits per heavy atom. The van der Waals surface area contributed by atoms with E-state index in [-0.39, 0.29) is 17.1 Å². The van der Waals surface area contributed by atoms with E-state index >= 15 is 0 Å². The lowest BCUT2D eigenvalue weighted by Crippen LogP contribution is -1.93. The number of aromatic amines is 2. The van der Waals surface area contributed by atoms with E-state index in [1.54, 1.807) is 18.3 Å². The normalized spacial score (nSPS) is 11.4. The lowest BCUT2D eigenvalue weighted by atomic mass is 10.2. The molecule has 9 nitrogen and oxygen atoms in total. The molecule has 0 amide bonds. The van der Waals surface area contributed by atoms with Gasteiger partial charge in [0.15, 0.2) is 0 Å². The molecule has 0 spiro atoms. The zero-order chi connectivity index (χ0) is 13.9. The van der Waals surface area contributed by atoms with Gasteiger partial charge >= 0.3 is 0 Å². The van der Waals surface area contributed by atoms with Gasteiger partial charge in [-0.05, 0) is 17.3 Å². The van der Waals surface area contributed by atoms with Crippen LogP contribution in [0.15, 0.2) is 24.5 Å². The van der Waals surface area contributed by atoms with Crippen LogP contribution >= 0.6 is 0 Å². The van der Waals surface area contributed by atoms with Gasteiger partial charge in [-0.2, -0.15) is 15.6 Å². The van der Waals surface area contributed by atoms with Crippen molar-refractivity contribution in [3.8, 4) is 11.8 Å². The van der Waals surface area contributed by atoms with E-state index in [2.05, 4.69) is 36.1 Å². The van der Waals surface area contributed by atoms with Crippen LogP contribution in [-0.4, -0.2) is 35.9 Å². The van der Waals surface area contributed by atoms with Crippen molar-refractivity contribution in [3.63, 3.8) is 0 Å². The Bertz CT molecular complexity index is 811. The molecule has 0 aliphatic carbocycles. The maximum Gasteiger partial charge on any atom is 0.216 e. The molecule has 0 atom stereocenters. The van der Waals surface area contributed by atoms with Crippen molar-refractivity contribution < 1.29 is 5.11 Å². The molecule has 20 heavy (non-hydrogen) atoms. The number of phenols is 1. The molecule has 0 saturated carbocycles. The van der Waals surface area contributed by atoms with Crippen molar-refractivity contribution in [3.05, 3.63) is 30.4 Å². The minimum Gasteiger partial charge on any atom is -0.506 e. The predicted molar refractivity (Wildman–Crippen MR) is 69.1 cm³/mol. The van der Waals surface area contributed by atoms with Gasteiger partial charge in [0.2, 0.25) is 5.82 Å². The molecule has 2 heterocycles. The number of anilines is 1. The number of aromatic hydroxyl groups is 1. The summed E-state index contributed by atoms with van der Waals surface area (Å²) in [5.41, 5.74) is 1.37. The molecule has 3 rings (SSSR count). The van der Waals surface area contributed by atoms with Gasteiger partial charge in [0.25, 0.3) is 0 Å². The van der Waals surface area contributed by atoms with Gasteiger partial charge in [-0.25, -0.2) is 0 Å². The van der Waals surface area contributed by atoms with Crippen molar-refractivity contribution >= 4 is 22.2 Å². The summed E-state index contributed by atoms with van der Waals surface area (Å²) >= 11 is 0. The summed E-state index contributed by atoms with van der Waals surface area (Å²) in [6.07, 6.45) is 3.00. The van der Waals surface area contributed by atoms with Crippen LogP contribution in [0.3, 0.4) is 0 Å². The lowest BCUT2D eigenvalue weighted by molar-refractivity contribution is 0.478. The monoisotopic (exact) mass is 268 g/mol. The maximum absolute atomic E-state index is 9.88. The fourth-order valence-electron chi connectivity index (χ4n) is 1.67. The number of rotatable bonds is 3. The van der Waals surface area contributed by atoms with Crippen molar-refractivity contribution in [2.75, 3.05) is 5.32 Å². The smallest absolute Gasteiger partial charge is 0.216 e. The summed E-state index contributed by atoms with van der Waals surface area (Å²) in [4.78, 5) is 0. The molecule has 2 aromatic heterocycles. The number of fused-ring (bicyclic) bond motifs is 1. The molecular weight excluding hydrogens is 260 g/mol. The number of nitrogens with zero attached hydrogens (tertiary/aromatic N) is 5. The molecule has 98 valence electrons. The second kappa shape index (κ2) is 4.69. The van der Waals surface area contributed by atoms with E-state index in [0.717, 1.165) is 10.9 Å². The standard InChI is InChI=1S/C11H8N8O/c12-3-7(11-16-18-19-17-11)4-13-9-2-8-6(1-10(9)20)5-14-15-8/h1-2,4-5,13,20H,(H,14,15)(H,16,17,18,19). The number of phenolic OH excluding ortho intramolecular Hbond substituents is 1. The third-order valence-corrected chi connectivity index (χ3v) is 2.64. The molecule has 0 unspecified atom stereocenters. The van der Waals surface area contributed by atoms with Crippen LogP contribution in [0.1, 0.15) is 5.82 Å². The summed E-state index contributed by atoms with van der Waals surface area (Å²) in [6.45, 7) is 0. The van der Waals surface area contributed by atoms with Crippen LogP contribution in [0.25, 0.3) is 16.5 Å². The maximum atomic E-state index is 9.88. The van der Waals surface area contributed by atoms with Gasteiger partial charge in [0, 0.05) is 11.6 Å². The largest absolute Gasteiger partial charge is 0.506 e. The Balaban J connectivity index is 1.93. The third kappa shape index (κ3) is 2.01. The van der Waals surface area contributed by atoms with Crippen LogP contribution in [0, 0.1) is 11.3 Å². The highest BCUT2D eigenvalue weighted by Gasteiger charge is 2.07. The van der Waals surface area contributed by atoms with Gasteiger partial charge in [-0.15, -0.1) is 10.2 Å². The van der Waals surface area contributed by atoms with Gasteiger partial charge in [0.1, 0.15) is 17.4 Å². The number of benzene rings is 1. The topological polar surface area (TPSA) is 139 Å². The Kier molecular flexibility index (Phi) is 2.74. The van der Waals surface area contributed by atoms with Crippen molar-refractivity contribution in [1.29, 1.82) is 5.26 Å². The highest BCUT2D eigenvalue weighted by atomic mass is 16.3. The number of hydrogen-bond donors (Lipinski definition) is 4. The zero-order valence-electron chi connectivity index (χ0n) is 9.99. The molecular formula is C11H8N8O. The summed E-state index contributed by atoms with van der Waals surface area (Å²) in [5, 5.41) is 42.2. The second-order valence-corrected chi connectivity index (χ2v) is 3.88. The van der Waals surface area contributed by atoms with Crippen molar-refractivity contribution in [2.24, 2.45) is 0 Å². The van der Waals surface area contributed by atoms with Gasteiger partial charge < -0.3 is 10.4 Å². The van der Waals surface area contributed by atoms with E-state index in [0.29, 0.717) is 5.69 Å². The molecule has 3 aromatic rings. The second-order valence-electron chi connectivity index (χ2n) is 3.88. The SMILES string of the molecule is N#CC(=CNc1cc2[nH]ncc2cc1O)c1nn[nH]n1. The van der Waals surface area contributed by atoms with E-state index in [4.69, 9.17) is 5.26 Å². The fraction of sp³-hybridized carbons (Fsp3) is 0. The minimum atomic E-state index is 0.0422. The molecule has 1 aromatic carbocycles. The molecule has 4 N–H and O–H groups in total. The van der Waals surface area contributed by atoms with Crippen LogP contribution in [-0.2, 0) is 0 Å². The number of nitrogens with one attached hydrogen (secondary N) is 3. The van der Waals surface area contributed by atoms with Crippen LogP contribution in [0.2, 0.25) is 0 Å². The summed E-state index contributed by atoms with van der Waals surface area (Å²) < 4.78 is 0. The number of nitriles is 1. The van der Waals surface area contributed by atoms with Crippen molar-refractivity contribution in [2.45, 2.75) is 0 Å². The Morgan fingerprint density at radius 3 is 3.10 bits per heavy atom. The highest BCUT2D eigenvalue weighted by Crippen LogP contribution is 2.28. The summed E-state index contributed by atoms with van der Waals surface area (Å²) in [7, 11) is 0. The van der Waals surface area contributed by atoms with Gasteiger partial charge in [0.05, 0.1) is 17.4 Å². The first kappa shape index (κ1) is 11.7. The van der Waals surface area contributed by atoms with Crippen LogP contribution in [0.4, 0.5) is 5.69 Å². The quantitative estimate of drug-likeness (QED) is 0.406. The van der Waals surface area contributed by atoms with Crippen molar-refractivity contribution in [1.82, 2.24) is 30.8 Å². The molecule has 0 radical (unpaired) electrons. The number of tetrazole rings is 1. The number of hydrogen-bond acceptors (Lipinski definition) is 7. The van der Waals surface area contributed by atoms with Gasteiger partial charge in [-0.1, -0.05) is 0 Å². The third-order valence-electron chi connectivity index (χ3n) is 2.64. The molecule has 0 aliphatic heterocycles. The lowest BCUT2D eigenvalue weighted by Gasteiger charge is -2.04. The molecule has 0 aliphatic rings. The Hall–Kier alpha value is -3.41. The van der Waals surface area contributed by atoms with Gasteiger partial charge in [-0.3, -0.25) is 5.10 Å². The summed E-state index contributed by atoms with van der Waals surface area (Å²) in [6, 6.07) is 5.18. The first-order valence-corrected chi connectivity index (χ1v) is 5.54. The highest BCUT2D eigenvalue weighted by molar-refractivity contribution is 5.86. The molecule has 0 bridgehead atoms. The van der Waals surface area contributed by atoms with Crippen LogP contribution < -0.4 is 5.32 Å². The van der Waals surface area contributed by atoms with E-state index < -0.39 is 0 Å². The molecule has 0 saturated heterocycles. The van der Waals surface area contributed by atoms with E-state index in [1.807, 2.05) is 6.07 Å². The number of H-pyrrole nitrogens is 2. The fourth-order valence-corrected chi connectivity index (χ4v) is 1.67.